The average molecular weight is 463 g/mol. The summed E-state index contributed by atoms with van der Waals surface area (Å²) in [4.78, 5) is 8.49. The number of nitrogens with zero attached hydrogens (tertiary/aromatic N) is 2. The van der Waals surface area contributed by atoms with E-state index in [1.165, 1.54) is 50.7 Å². The molecule has 0 aliphatic carbocycles. The lowest BCUT2D eigenvalue weighted by molar-refractivity contribution is 0.0950. The van der Waals surface area contributed by atoms with E-state index in [4.69, 9.17) is 4.74 Å². The standard InChI is InChI=1S/C27H40F2N2O2/c1-3-5-7-9-10-11-12-14-21-18-30-27(31-19-21)23-16-17-24(26(29)25(23)28)33-20-22(32)15-13-8-6-4-2/h16-19,22,32H,3-15,20H2,1-2H3/t22-/m1/s1. The molecular weight excluding hydrogens is 422 g/mol. The Morgan fingerprint density at radius 1 is 0.818 bits per heavy atom. The molecule has 0 unspecified atom stereocenters. The number of hydrogen-bond acceptors (Lipinski definition) is 4. The summed E-state index contributed by atoms with van der Waals surface area (Å²) in [7, 11) is 0. The Bertz CT molecular complexity index is 799. The number of rotatable bonds is 17. The summed E-state index contributed by atoms with van der Waals surface area (Å²) < 4.78 is 34.5. The Balaban J connectivity index is 1.84. The van der Waals surface area contributed by atoms with Gasteiger partial charge in [0.05, 0.1) is 11.7 Å². The second-order valence-electron chi connectivity index (χ2n) is 8.84. The molecule has 0 spiro atoms. The fourth-order valence-corrected chi connectivity index (χ4v) is 3.80. The van der Waals surface area contributed by atoms with Crippen LogP contribution in [0.3, 0.4) is 0 Å². The second-order valence-corrected chi connectivity index (χ2v) is 8.84. The van der Waals surface area contributed by atoms with Crippen LogP contribution >= 0.6 is 0 Å². The van der Waals surface area contributed by atoms with Crippen LogP contribution in [0.1, 0.15) is 96.5 Å². The van der Waals surface area contributed by atoms with Crippen molar-refractivity contribution in [3.63, 3.8) is 0 Å². The lowest BCUT2D eigenvalue weighted by atomic mass is 10.1. The average Bonchev–Trinajstić information content (AvgIpc) is 2.83. The van der Waals surface area contributed by atoms with E-state index < -0.39 is 17.7 Å². The van der Waals surface area contributed by atoms with Gasteiger partial charge in [-0.15, -0.1) is 0 Å². The van der Waals surface area contributed by atoms with Crippen molar-refractivity contribution in [3.8, 4) is 17.1 Å². The van der Waals surface area contributed by atoms with Gasteiger partial charge in [-0.2, -0.15) is 4.39 Å². The molecule has 6 heteroatoms. The maximum atomic E-state index is 14.6. The minimum absolute atomic E-state index is 0.00226. The Kier molecular flexibility index (Phi) is 12.9. The molecule has 0 bridgehead atoms. The summed E-state index contributed by atoms with van der Waals surface area (Å²) in [6.07, 6.45) is 17.0. The first-order chi connectivity index (χ1) is 16.1. The Morgan fingerprint density at radius 3 is 2.09 bits per heavy atom. The highest BCUT2D eigenvalue weighted by atomic mass is 19.2. The smallest absolute Gasteiger partial charge is 0.201 e. The van der Waals surface area contributed by atoms with Gasteiger partial charge in [-0.25, -0.2) is 14.4 Å². The molecule has 0 amide bonds. The zero-order chi connectivity index (χ0) is 23.9. The Labute approximate surface area is 197 Å². The number of aryl methyl sites for hydroxylation is 1. The molecule has 33 heavy (non-hydrogen) atoms. The molecule has 0 fully saturated rings. The zero-order valence-corrected chi connectivity index (χ0v) is 20.3. The van der Waals surface area contributed by atoms with Crippen molar-refractivity contribution < 1.29 is 18.6 Å². The van der Waals surface area contributed by atoms with Crippen LogP contribution in [0.15, 0.2) is 24.5 Å². The molecule has 1 N–H and O–H groups in total. The van der Waals surface area contributed by atoms with Gasteiger partial charge in [0.2, 0.25) is 5.82 Å². The van der Waals surface area contributed by atoms with Crippen molar-refractivity contribution in [2.75, 3.05) is 6.61 Å². The topological polar surface area (TPSA) is 55.2 Å². The van der Waals surface area contributed by atoms with Crippen molar-refractivity contribution in [3.05, 3.63) is 41.7 Å². The first kappa shape index (κ1) is 27.2. The number of aliphatic hydroxyl groups is 1. The fraction of sp³-hybridized carbons (Fsp3) is 0.630. The highest BCUT2D eigenvalue weighted by molar-refractivity contribution is 5.57. The van der Waals surface area contributed by atoms with Crippen molar-refractivity contribution in [1.82, 2.24) is 9.97 Å². The molecule has 0 saturated heterocycles. The van der Waals surface area contributed by atoms with Gasteiger partial charge in [0.25, 0.3) is 0 Å². The lowest BCUT2D eigenvalue weighted by Crippen LogP contribution is -2.18. The third kappa shape index (κ3) is 9.75. The van der Waals surface area contributed by atoms with Crippen molar-refractivity contribution in [1.29, 1.82) is 0 Å². The monoisotopic (exact) mass is 462 g/mol. The largest absolute Gasteiger partial charge is 0.488 e. The summed E-state index contributed by atoms with van der Waals surface area (Å²) in [5, 5.41) is 9.99. The van der Waals surface area contributed by atoms with Gasteiger partial charge in [-0.1, -0.05) is 78.1 Å². The number of aromatic nitrogens is 2. The van der Waals surface area contributed by atoms with E-state index in [0.29, 0.717) is 6.42 Å². The summed E-state index contributed by atoms with van der Waals surface area (Å²) >= 11 is 0. The van der Waals surface area contributed by atoms with Crippen LogP contribution in [0.4, 0.5) is 8.78 Å². The van der Waals surface area contributed by atoms with Crippen LogP contribution < -0.4 is 4.74 Å². The van der Waals surface area contributed by atoms with E-state index in [-0.39, 0.29) is 23.7 Å². The molecule has 2 aromatic rings. The number of hydrogen-bond donors (Lipinski definition) is 1. The summed E-state index contributed by atoms with van der Waals surface area (Å²) in [5.74, 6) is -2.18. The lowest BCUT2D eigenvalue weighted by Gasteiger charge is -2.14. The van der Waals surface area contributed by atoms with Gasteiger partial charge in [-0.3, -0.25) is 0 Å². The highest BCUT2D eigenvalue weighted by Crippen LogP contribution is 2.28. The highest BCUT2D eigenvalue weighted by Gasteiger charge is 2.18. The maximum Gasteiger partial charge on any atom is 0.201 e. The van der Waals surface area contributed by atoms with Crippen LogP contribution in [0, 0.1) is 11.6 Å². The predicted molar refractivity (Wildman–Crippen MR) is 129 cm³/mol. The maximum absolute atomic E-state index is 14.6. The van der Waals surface area contributed by atoms with Gasteiger partial charge in [0.1, 0.15) is 6.61 Å². The number of unbranched alkanes of at least 4 members (excludes halogenated alkanes) is 9. The second kappa shape index (κ2) is 15.7. The molecule has 0 aliphatic rings. The summed E-state index contributed by atoms with van der Waals surface area (Å²) in [5.41, 5.74) is 1.00. The molecule has 0 radical (unpaired) electrons. The van der Waals surface area contributed by atoms with Gasteiger partial charge in [-0.05, 0) is 37.0 Å². The van der Waals surface area contributed by atoms with Crippen LogP contribution in [0.2, 0.25) is 0 Å². The molecule has 4 nitrogen and oxygen atoms in total. The molecule has 0 saturated carbocycles. The van der Waals surface area contributed by atoms with Crippen LogP contribution in [0.5, 0.6) is 5.75 Å². The van der Waals surface area contributed by atoms with E-state index in [1.807, 2.05) is 0 Å². The summed E-state index contributed by atoms with van der Waals surface area (Å²) in [6.45, 7) is 4.28. The van der Waals surface area contributed by atoms with Gasteiger partial charge in [0.15, 0.2) is 17.4 Å². The van der Waals surface area contributed by atoms with E-state index >= 15 is 0 Å². The molecule has 2 rings (SSSR count). The van der Waals surface area contributed by atoms with Crippen molar-refractivity contribution in [2.24, 2.45) is 0 Å². The van der Waals surface area contributed by atoms with Crippen LogP contribution in [-0.2, 0) is 6.42 Å². The Morgan fingerprint density at radius 2 is 1.42 bits per heavy atom. The minimum Gasteiger partial charge on any atom is -0.488 e. The zero-order valence-electron chi connectivity index (χ0n) is 20.3. The first-order valence-electron chi connectivity index (χ1n) is 12.7. The van der Waals surface area contributed by atoms with Crippen molar-refractivity contribution in [2.45, 2.75) is 103 Å². The number of benzene rings is 1. The number of ether oxygens (including phenoxy) is 1. The van der Waals surface area contributed by atoms with Gasteiger partial charge >= 0.3 is 0 Å². The number of aliphatic hydroxyl groups excluding tert-OH is 1. The normalized spacial score (nSPS) is 12.2. The molecule has 1 heterocycles. The first-order valence-corrected chi connectivity index (χ1v) is 12.7. The number of halogens is 2. The van der Waals surface area contributed by atoms with E-state index in [9.17, 15) is 13.9 Å². The van der Waals surface area contributed by atoms with Gasteiger partial charge < -0.3 is 9.84 Å². The third-order valence-corrected chi connectivity index (χ3v) is 5.88. The van der Waals surface area contributed by atoms with E-state index in [1.54, 1.807) is 12.4 Å². The van der Waals surface area contributed by atoms with Gasteiger partial charge in [0, 0.05) is 12.4 Å². The van der Waals surface area contributed by atoms with Crippen LogP contribution in [0.25, 0.3) is 11.4 Å². The molecule has 1 aromatic carbocycles. The summed E-state index contributed by atoms with van der Waals surface area (Å²) in [6, 6.07) is 2.79. The molecular formula is C27H40F2N2O2. The predicted octanol–water partition coefficient (Wildman–Crippen LogP) is 7.43. The quantitative estimate of drug-likeness (QED) is 0.248. The molecule has 0 aliphatic heterocycles. The molecule has 1 aromatic heterocycles. The van der Waals surface area contributed by atoms with E-state index in [0.717, 1.165) is 44.1 Å². The van der Waals surface area contributed by atoms with Crippen molar-refractivity contribution >= 4 is 0 Å². The SMILES string of the molecule is CCCCCCCCCc1cnc(-c2ccc(OC[C@H](O)CCCCCC)c(F)c2F)nc1. The van der Waals surface area contributed by atoms with Crippen LogP contribution in [-0.4, -0.2) is 27.8 Å². The third-order valence-electron chi connectivity index (χ3n) is 5.88. The fourth-order valence-electron chi connectivity index (χ4n) is 3.80. The Hall–Kier alpha value is -2.08. The minimum atomic E-state index is -1.08. The molecule has 1 atom stereocenters. The van der Waals surface area contributed by atoms with E-state index in [2.05, 4.69) is 23.8 Å². The molecule has 184 valence electrons.